The highest BCUT2D eigenvalue weighted by molar-refractivity contribution is 5.97. The molecule has 1 heterocycles. The lowest BCUT2D eigenvalue weighted by Crippen LogP contribution is -2.14. The molecular formula is C17H15F3N2O2. The number of nitrogens with two attached hydrogens (primary N) is 1. The number of halogens is 3. The molecule has 0 fully saturated rings. The van der Waals surface area contributed by atoms with Gasteiger partial charge in [-0.05, 0) is 53.9 Å². The van der Waals surface area contributed by atoms with Crippen LogP contribution in [-0.4, -0.2) is 11.0 Å². The van der Waals surface area contributed by atoms with Gasteiger partial charge in [0.05, 0.1) is 5.56 Å². The third-order valence-electron chi connectivity index (χ3n) is 3.94. The maximum Gasteiger partial charge on any atom is 0.416 e. The Labute approximate surface area is 136 Å². The molecule has 126 valence electrons. The highest BCUT2D eigenvalue weighted by atomic mass is 19.4. The molecular weight excluding hydrogens is 321 g/mol. The van der Waals surface area contributed by atoms with Crippen molar-refractivity contribution in [1.82, 2.24) is 0 Å². The van der Waals surface area contributed by atoms with Gasteiger partial charge in [0, 0.05) is 12.0 Å². The fraction of sp³-hybridized carbons (Fsp3) is 0.235. The molecule has 3 N–H and O–H groups in total. The Kier molecular flexibility index (Phi) is 3.87. The molecule has 1 unspecified atom stereocenters. The number of oxime groups is 1. The fourth-order valence-electron chi connectivity index (χ4n) is 2.82. The molecule has 0 spiro atoms. The first-order valence-electron chi connectivity index (χ1n) is 7.24. The van der Waals surface area contributed by atoms with Gasteiger partial charge in [-0.25, -0.2) is 0 Å². The minimum atomic E-state index is -4.38. The van der Waals surface area contributed by atoms with Crippen LogP contribution in [0.1, 0.15) is 33.9 Å². The number of hydrogen-bond donors (Lipinski definition) is 2. The van der Waals surface area contributed by atoms with Crippen molar-refractivity contribution >= 4 is 5.84 Å². The van der Waals surface area contributed by atoms with Crippen molar-refractivity contribution in [3.05, 3.63) is 64.2 Å². The molecule has 0 radical (unpaired) electrons. The molecule has 4 nitrogen and oxygen atoms in total. The molecule has 0 amide bonds. The summed E-state index contributed by atoms with van der Waals surface area (Å²) < 4.78 is 44.2. The van der Waals surface area contributed by atoms with Crippen LogP contribution < -0.4 is 10.5 Å². The van der Waals surface area contributed by atoms with Crippen molar-refractivity contribution in [2.75, 3.05) is 0 Å². The summed E-state index contributed by atoms with van der Waals surface area (Å²) in [6, 6.07) is 8.81. The summed E-state index contributed by atoms with van der Waals surface area (Å²) in [5, 5.41) is 11.8. The summed E-state index contributed by atoms with van der Waals surface area (Å²) in [5.41, 5.74) is 7.62. The van der Waals surface area contributed by atoms with Crippen LogP contribution in [0, 0.1) is 6.92 Å². The molecule has 1 atom stereocenters. The molecule has 0 bridgehead atoms. The number of alkyl halides is 3. The zero-order valence-electron chi connectivity index (χ0n) is 12.8. The van der Waals surface area contributed by atoms with Gasteiger partial charge >= 0.3 is 6.18 Å². The summed E-state index contributed by atoms with van der Waals surface area (Å²) in [6.45, 7) is 1.85. The molecule has 7 heteroatoms. The Balaban J connectivity index is 1.92. The maximum absolute atomic E-state index is 12.8. The molecule has 0 saturated heterocycles. The van der Waals surface area contributed by atoms with Crippen LogP contribution >= 0.6 is 0 Å². The number of fused-ring (bicyclic) bond motifs is 1. The first-order valence-corrected chi connectivity index (χ1v) is 7.24. The molecule has 1 aliphatic rings. The normalized spacial score (nSPS) is 17.5. The van der Waals surface area contributed by atoms with Gasteiger partial charge in [-0.3, -0.25) is 0 Å². The second kappa shape index (κ2) is 5.74. The van der Waals surface area contributed by atoms with Gasteiger partial charge in [0.15, 0.2) is 5.84 Å². The van der Waals surface area contributed by atoms with Gasteiger partial charge in [0.1, 0.15) is 11.9 Å². The highest BCUT2D eigenvalue weighted by Gasteiger charge is 2.33. The molecule has 0 saturated carbocycles. The van der Waals surface area contributed by atoms with Crippen LogP contribution in [-0.2, 0) is 12.6 Å². The van der Waals surface area contributed by atoms with Gasteiger partial charge in [0.2, 0.25) is 0 Å². The Morgan fingerprint density at radius 1 is 1.25 bits per heavy atom. The lowest BCUT2D eigenvalue weighted by molar-refractivity contribution is -0.137. The Morgan fingerprint density at radius 2 is 2.00 bits per heavy atom. The van der Waals surface area contributed by atoms with Gasteiger partial charge in [-0.1, -0.05) is 11.2 Å². The third kappa shape index (κ3) is 3.02. The van der Waals surface area contributed by atoms with Gasteiger partial charge in [0.25, 0.3) is 0 Å². The van der Waals surface area contributed by atoms with Crippen LogP contribution in [0.2, 0.25) is 0 Å². The van der Waals surface area contributed by atoms with Gasteiger partial charge < -0.3 is 15.7 Å². The van der Waals surface area contributed by atoms with Crippen molar-refractivity contribution in [2.24, 2.45) is 10.9 Å². The molecule has 3 rings (SSSR count). The van der Waals surface area contributed by atoms with Crippen molar-refractivity contribution < 1.29 is 23.1 Å². The summed E-state index contributed by atoms with van der Waals surface area (Å²) >= 11 is 0. The molecule has 2 aromatic rings. The summed E-state index contributed by atoms with van der Waals surface area (Å²) in [6.07, 6.45) is -4.46. The number of aryl methyl sites for hydroxylation is 1. The smallest absolute Gasteiger partial charge is 0.416 e. The number of benzene rings is 2. The van der Waals surface area contributed by atoms with Crippen LogP contribution in [0.4, 0.5) is 13.2 Å². The van der Waals surface area contributed by atoms with Crippen molar-refractivity contribution in [3.63, 3.8) is 0 Å². The standard InChI is InChI=1S/C17H15F3N2O2/c1-9-4-10(6-12(5-9)16(21)22-23)15-8-11-7-13(17(18,19)20)2-3-14(11)24-15/h2-7,15,23H,8H2,1H3,(H2,21,22). The first-order chi connectivity index (χ1) is 11.3. The number of amidine groups is 1. The van der Waals surface area contributed by atoms with E-state index in [4.69, 9.17) is 15.7 Å². The Hall–Kier alpha value is -2.70. The van der Waals surface area contributed by atoms with Crippen molar-refractivity contribution in [1.29, 1.82) is 0 Å². The SMILES string of the molecule is Cc1cc(/C(N)=N/O)cc(C2Cc3cc(C(F)(F)F)ccc3O2)c1. The molecule has 0 aliphatic carbocycles. The van der Waals surface area contributed by atoms with E-state index in [1.807, 2.05) is 13.0 Å². The third-order valence-corrected chi connectivity index (χ3v) is 3.94. The Morgan fingerprint density at radius 3 is 2.67 bits per heavy atom. The highest BCUT2D eigenvalue weighted by Crippen LogP contribution is 2.40. The van der Waals surface area contributed by atoms with E-state index in [9.17, 15) is 13.2 Å². The number of rotatable bonds is 2. The molecule has 24 heavy (non-hydrogen) atoms. The summed E-state index contributed by atoms with van der Waals surface area (Å²) in [7, 11) is 0. The minimum absolute atomic E-state index is 0.0326. The lowest BCUT2D eigenvalue weighted by atomic mass is 9.98. The predicted molar refractivity (Wildman–Crippen MR) is 82.2 cm³/mol. The average molecular weight is 336 g/mol. The van der Waals surface area contributed by atoms with E-state index in [1.165, 1.54) is 6.07 Å². The van der Waals surface area contributed by atoms with Crippen LogP contribution in [0.25, 0.3) is 0 Å². The summed E-state index contributed by atoms with van der Waals surface area (Å²) in [5.74, 6) is 0.412. The first kappa shape index (κ1) is 16.2. The monoisotopic (exact) mass is 336 g/mol. The fourth-order valence-corrected chi connectivity index (χ4v) is 2.82. The topological polar surface area (TPSA) is 67.8 Å². The zero-order chi connectivity index (χ0) is 17.5. The van der Waals surface area contributed by atoms with E-state index in [2.05, 4.69) is 5.16 Å². The minimum Gasteiger partial charge on any atom is -0.485 e. The maximum atomic E-state index is 12.8. The molecule has 0 aromatic heterocycles. The van der Waals surface area contributed by atoms with Crippen molar-refractivity contribution in [2.45, 2.75) is 25.6 Å². The van der Waals surface area contributed by atoms with Gasteiger partial charge in [-0.15, -0.1) is 0 Å². The number of ether oxygens (including phenoxy) is 1. The molecule has 1 aliphatic heterocycles. The van der Waals surface area contributed by atoms with Crippen LogP contribution in [0.5, 0.6) is 5.75 Å². The second-order valence-corrected chi connectivity index (χ2v) is 5.75. The van der Waals surface area contributed by atoms with E-state index in [0.29, 0.717) is 23.3 Å². The van der Waals surface area contributed by atoms with E-state index >= 15 is 0 Å². The lowest BCUT2D eigenvalue weighted by Gasteiger charge is -2.13. The van der Waals surface area contributed by atoms with E-state index < -0.39 is 17.8 Å². The zero-order valence-corrected chi connectivity index (χ0v) is 12.8. The summed E-state index contributed by atoms with van der Waals surface area (Å²) in [4.78, 5) is 0. The average Bonchev–Trinajstić information content (AvgIpc) is 2.95. The van der Waals surface area contributed by atoms with Gasteiger partial charge in [-0.2, -0.15) is 13.2 Å². The second-order valence-electron chi connectivity index (χ2n) is 5.75. The Bertz CT molecular complexity index is 816. The van der Waals surface area contributed by atoms with Crippen LogP contribution in [0.3, 0.4) is 0 Å². The largest absolute Gasteiger partial charge is 0.485 e. The predicted octanol–water partition coefficient (Wildman–Crippen LogP) is 3.78. The molecule has 2 aromatic carbocycles. The van der Waals surface area contributed by atoms with Crippen molar-refractivity contribution in [3.8, 4) is 5.75 Å². The van der Waals surface area contributed by atoms with E-state index in [0.717, 1.165) is 23.3 Å². The quantitative estimate of drug-likeness (QED) is 0.379. The van der Waals surface area contributed by atoms with Crippen LogP contribution in [0.15, 0.2) is 41.6 Å². The van der Waals surface area contributed by atoms with E-state index in [-0.39, 0.29) is 5.84 Å². The van der Waals surface area contributed by atoms with E-state index in [1.54, 1.807) is 12.1 Å². The number of hydrogen-bond acceptors (Lipinski definition) is 3. The number of nitrogens with zero attached hydrogens (tertiary/aromatic N) is 1.